The molecule has 1 aliphatic rings. The highest BCUT2D eigenvalue weighted by Crippen LogP contribution is 2.39. The normalized spacial score (nSPS) is 15.8. The van der Waals surface area contributed by atoms with E-state index in [4.69, 9.17) is 0 Å². The fourth-order valence-electron chi connectivity index (χ4n) is 3.76. The van der Waals surface area contributed by atoms with E-state index in [0.717, 1.165) is 33.1 Å². The number of thiazole rings is 1. The fraction of sp³-hybridized carbons (Fsp3) is 0.136. The maximum Gasteiger partial charge on any atom is 0.263 e. The summed E-state index contributed by atoms with van der Waals surface area (Å²) in [4.78, 5) is 17.4. The SMILES string of the molecule is CC[n+]1c(C=C2C(=O)C(c3nc(C)n4ccccc34)=C2O)sc2ccccc21. The predicted octanol–water partition coefficient (Wildman–Crippen LogP) is 4.10. The van der Waals surface area contributed by atoms with Crippen LogP contribution in [0.15, 0.2) is 60.0 Å². The first-order valence-corrected chi connectivity index (χ1v) is 9.97. The number of aryl methyl sites for hydroxylation is 2. The molecule has 0 aliphatic heterocycles. The Morgan fingerprint density at radius 2 is 2.00 bits per heavy atom. The van der Waals surface area contributed by atoms with Gasteiger partial charge in [0.2, 0.25) is 11.3 Å². The molecule has 5 rings (SSSR count). The van der Waals surface area contributed by atoms with Gasteiger partial charge in [-0.1, -0.05) is 29.5 Å². The molecule has 0 saturated heterocycles. The highest BCUT2D eigenvalue weighted by atomic mass is 32.1. The number of ketones is 1. The molecule has 5 nitrogen and oxygen atoms in total. The molecule has 28 heavy (non-hydrogen) atoms. The van der Waals surface area contributed by atoms with Crippen molar-refractivity contribution >= 4 is 44.5 Å². The van der Waals surface area contributed by atoms with Crippen LogP contribution in [0.25, 0.3) is 27.4 Å². The van der Waals surface area contributed by atoms with Crippen LogP contribution in [0.3, 0.4) is 0 Å². The highest BCUT2D eigenvalue weighted by molar-refractivity contribution is 7.18. The predicted molar refractivity (Wildman–Crippen MR) is 110 cm³/mol. The molecule has 0 fully saturated rings. The Labute approximate surface area is 165 Å². The zero-order valence-electron chi connectivity index (χ0n) is 15.5. The summed E-state index contributed by atoms with van der Waals surface area (Å²) >= 11 is 1.61. The number of aromatic nitrogens is 3. The topological polar surface area (TPSA) is 58.5 Å². The van der Waals surface area contributed by atoms with Crippen LogP contribution in [0.1, 0.15) is 23.4 Å². The molecule has 138 valence electrons. The number of Topliss-reactive ketones (excluding diaryl/α,β-unsaturated/α-hetero) is 1. The average molecular weight is 388 g/mol. The molecule has 0 spiro atoms. The molecule has 0 saturated carbocycles. The van der Waals surface area contributed by atoms with Gasteiger partial charge in [0, 0.05) is 18.3 Å². The van der Waals surface area contributed by atoms with Crippen molar-refractivity contribution in [2.45, 2.75) is 20.4 Å². The van der Waals surface area contributed by atoms with Crippen molar-refractivity contribution in [3.63, 3.8) is 0 Å². The summed E-state index contributed by atoms with van der Waals surface area (Å²) in [6, 6.07) is 13.9. The lowest BCUT2D eigenvalue weighted by Gasteiger charge is -2.19. The lowest BCUT2D eigenvalue weighted by molar-refractivity contribution is -0.665. The van der Waals surface area contributed by atoms with Gasteiger partial charge in [-0.15, -0.1) is 0 Å². The van der Waals surface area contributed by atoms with Crippen LogP contribution in [-0.4, -0.2) is 20.3 Å². The van der Waals surface area contributed by atoms with Gasteiger partial charge in [-0.25, -0.2) is 4.98 Å². The molecule has 0 radical (unpaired) electrons. The summed E-state index contributed by atoms with van der Waals surface area (Å²) in [7, 11) is 0. The zero-order chi connectivity index (χ0) is 19.4. The van der Waals surface area contributed by atoms with Crippen LogP contribution in [-0.2, 0) is 11.3 Å². The van der Waals surface area contributed by atoms with Gasteiger partial charge in [0.1, 0.15) is 28.5 Å². The van der Waals surface area contributed by atoms with Crippen LogP contribution >= 0.6 is 11.3 Å². The molecular formula is C22H18N3O2S+. The number of hydrogen-bond donors (Lipinski definition) is 1. The maximum absolute atomic E-state index is 12.9. The minimum Gasteiger partial charge on any atom is -0.506 e. The second-order valence-electron chi connectivity index (χ2n) is 6.73. The number of carbonyl (C=O) groups is 1. The molecule has 1 N–H and O–H groups in total. The Morgan fingerprint density at radius 1 is 1.21 bits per heavy atom. The third-order valence-electron chi connectivity index (χ3n) is 5.15. The number of aliphatic hydroxyl groups is 1. The number of nitrogens with zero attached hydrogens (tertiary/aromatic N) is 3. The van der Waals surface area contributed by atoms with Crippen LogP contribution < -0.4 is 4.57 Å². The smallest absolute Gasteiger partial charge is 0.263 e. The standard InChI is InChI=1S/C22H17N3O2S/c1-3-24-15-8-4-5-10-17(15)28-18(24)12-14-21(26)19(22(14)27)20-16-9-6-7-11-25(16)13(2)23-20/h4-12H,3H2,1-2H3/p+1. The first kappa shape index (κ1) is 16.9. The van der Waals surface area contributed by atoms with E-state index in [0.29, 0.717) is 16.8 Å². The summed E-state index contributed by atoms with van der Waals surface area (Å²) < 4.78 is 5.23. The van der Waals surface area contributed by atoms with Crippen LogP contribution in [0.4, 0.5) is 0 Å². The van der Waals surface area contributed by atoms with Crippen molar-refractivity contribution < 1.29 is 14.5 Å². The van der Waals surface area contributed by atoms with E-state index in [1.54, 1.807) is 17.4 Å². The Hall–Kier alpha value is -3.25. The van der Waals surface area contributed by atoms with E-state index < -0.39 is 0 Å². The lowest BCUT2D eigenvalue weighted by atomic mass is 9.85. The van der Waals surface area contributed by atoms with E-state index in [2.05, 4.69) is 28.6 Å². The number of imidazole rings is 1. The van der Waals surface area contributed by atoms with Gasteiger partial charge >= 0.3 is 0 Å². The van der Waals surface area contributed by atoms with E-state index in [9.17, 15) is 9.90 Å². The van der Waals surface area contributed by atoms with Crippen LogP contribution in [0.5, 0.6) is 0 Å². The second-order valence-corrected chi connectivity index (χ2v) is 7.79. The monoisotopic (exact) mass is 388 g/mol. The van der Waals surface area contributed by atoms with Gasteiger partial charge in [-0.3, -0.25) is 4.79 Å². The summed E-state index contributed by atoms with van der Waals surface area (Å²) in [6.45, 7) is 4.75. The number of fused-ring (bicyclic) bond motifs is 2. The Morgan fingerprint density at radius 3 is 2.79 bits per heavy atom. The van der Waals surface area contributed by atoms with Crippen molar-refractivity contribution in [2.75, 3.05) is 0 Å². The van der Waals surface area contributed by atoms with Crippen molar-refractivity contribution in [2.24, 2.45) is 0 Å². The zero-order valence-corrected chi connectivity index (χ0v) is 16.3. The van der Waals surface area contributed by atoms with E-state index in [-0.39, 0.29) is 11.5 Å². The number of benzene rings is 1. The second kappa shape index (κ2) is 6.14. The van der Waals surface area contributed by atoms with E-state index in [1.807, 2.05) is 47.9 Å². The van der Waals surface area contributed by atoms with Crippen LogP contribution in [0, 0.1) is 6.92 Å². The van der Waals surface area contributed by atoms with Gasteiger partial charge < -0.3 is 9.51 Å². The number of pyridine rings is 1. The number of rotatable bonds is 3. The van der Waals surface area contributed by atoms with Crippen molar-refractivity contribution in [1.82, 2.24) is 9.38 Å². The van der Waals surface area contributed by atoms with Gasteiger partial charge in [-0.05, 0) is 32.0 Å². The quantitative estimate of drug-likeness (QED) is 0.425. The minimum atomic E-state index is -0.165. The molecule has 1 aliphatic carbocycles. The molecule has 0 atom stereocenters. The van der Waals surface area contributed by atoms with Crippen molar-refractivity contribution in [1.29, 1.82) is 0 Å². The first-order valence-electron chi connectivity index (χ1n) is 9.15. The molecule has 4 aromatic rings. The van der Waals surface area contributed by atoms with Crippen molar-refractivity contribution in [3.8, 4) is 0 Å². The molecule has 0 unspecified atom stereocenters. The molecular weight excluding hydrogens is 370 g/mol. The number of allylic oxidation sites excluding steroid dienone is 2. The fourth-order valence-corrected chi connectivity index (χ4v) is 4.93. The van der Waals surface area contributed by atoms with Gasteiger partial charge in [-0.2, -0.15) is 4.57 Å². The largest absolute Gasteiger partial charge is 0.506 e. The molecule has 3 aromatic heterocycles. The third kappa shape index (κ3) is 2.28. The number of hydrogen-bond acceptors (Lipinski definition) is 4. The Bertz CT molecular complexity index is 1340. The summed E-state index contributed by atoms with van der Waals surface area (Å²) in [5, 5.41) is 11.6. The highest BCUT2D eigenvalue weighted by Gasteiger charge is 2.38. The average Bonchev–Trinajstić information content (AvgIpc) is 3.24. The lowest BCUT2D eigenvalue weighted by Crippen LogP contribution is -2.34. The maximum atomic E-state index is 12.9. The molecule has 6 heteroatoms. The van der Waals surface area contributed by atoms with Gasteiger partial charge in [0.15, 0.2) is 0 Å². The van der Waals surface area contributed by atoms with Crippen LogP contribution in [0.2, 0.25) is 0 Å². The van der Waals surface area contributed by atoms with E-state index >= 15 is 0 Å². The number of para-hydroxylation sites is 1. The summed E-state index contributed by atoms with van der Waals surface area (Å²) in [6.07, 6.45) is 3.69. The summed E-state index contributed by atoms with van der Waals surface area (Å²) in [5.74, 6) is 0.639. The molecule has 3 heterocycles. The third-order valence-corrected chi connectivity index (χ3v) is 6.26. The molecule has 0 bridgehead atoms. The Balaban J connectivity index is 1.64. The van der Waals surface area contributed by atoms with Gasteiger partial charge in [0.25, 0.3) is 5.01 Å². The molecule has 1 aromatic carbocycles. The number of carbonyl (C=O) groups excluding carboxylic acids is 1. The number of aliphatic hydroxyl groups excluding tert-OH is 1. The Kier molecular flexibility index (Phi) is 3.70. The summed E-state index contributed by atoms with van der Waals surface area (Å²) in [5.41, 5.74) is 3.13. The minimum absolute atomic E-state index is 0.0222. The van der Waals surface area contributed by atoms with Gasteiger partial charge in [0.05, 0.1) is 16.7 Å². The van der Waals surface area contributed by atoms with E-state index in [1.165, 1.54) is 0 Å². The van der Waals surface area contributed by atoms with Crippen molar-refractivity contribution in [3.05, 3.63) is 76.5 Å². The first-order chi connectivity index (χ1) is 13.6. The molecule has 0 amide bonds.